The van der Waals surface area contributed by atoms with E-state index in [0.717, 1.165) is 6.29 Å². The molecule has 84 valence electrons. The summed E-state index contributed by atoms with van der Waals surface area (Å²) in [6.07, 6.45) is 1.37. The molecule has 14 heavy (non-hydrogen) atoms. The lowest BCUT2D eigenvalue weighted by atomic mass is 10.2. The molecule has 0 aliphatic carbocycles. The van der Waals surface area contributed by atoms with Gasteiger partial charge in [-0.2, -0.15) is 0 Å². The zero-order valence-corrected chi connectivity index (χ0v) is 11.5. The summed E-state index contributed by atoms with van der Waals surface area (Å²) in [6, 6.07) is 0. The minimum atomic E-state index is -1.66. The Morgan fingerprint density at radius 3 is 2.29 bits per heavy atom. The summed E-state index contributed by atoms with van der Waals surface area (Å²) in [5, 5.41) is -0.185. The zero-order valence-electron chi connectivity index (χ0n) is 9.76. The van der Waals surface area contributed by atoms with E-state index in [1.807, 2.05) is 0 Å². The average molecular weight is 237 g/mol. The van der Waals surface area contributed by atoms with Crippen LogP contribution in [-0.2, 0) is 9.22 Å². The van der Waals surface area contributed by atoms with Crippen molar-refractivity contribution < 1.29 is 9.22 Å². The van der Waals surface area contributed by atoms with Crippen molar-refractivity contribution in [1.29, 1.82) is 0 Å². The Bertz CT molecular complexity index is 187. The van der Waals surface area contributed by atoms with Crippen LogP contribution in [0.4, 0.5) is 0 Å². The van der Waals surface area contributed by atoms with Gasteiger partial charge in [0.15, 0.2) is 8.32 Å². The molecule has 0 aromatic carbocycles. The van der Waals surface area contributed by atoms with Crippen molar-refractivity contribution >= 4 is 26.2 Å². The number of halogens is 1. The van der Waals surface area contributed by atoms with E-state index >= 15 is 0 Å². The Morgan fingerprint density at radius 1 is 1.43 bits per heavy atom. The van der Waals surface area contributed by atoms with Crippen molar-refractivity contribution in [3.8, 4) is 0 Å². The molecule has 0 heterocycles. The summed E-state index contributed by atoms with van der Waals surface area (Å²) in [4.78, 5) is 10.3. The SMILES string of the molecule is CC(C)(C)[Si](C)(C)OCC[C@@H](Cl)C=O. The van der Waals surface area contributed by atoms with E-state index in [2.05, 4.69) is 33.9 Å². The minimum Gasteiger partial charge on any atom is -0.417 e. The number of alkyl halides is 1. The second-order valence-corrected chi connectivity index (χ2v) is 10.4. The summed E-state index contributed by atoms with van der Waals surface area (Å²) < 4.78 is 5.86. The van der Waals surface area contributed by atoms with E-state index in [4.69, 9.17) is 16.0 Å². The number of rotatable bonds is 5. The van der Waals surface area contributed by atoms with Crippen molar-refractivity contribution in [2.24, 2.45) is 0 Å². The van der Waals surface area contributed by atoms with E-state index in [1.54, 1.807) is 0 Å². The van der Waals surface area contributed by atoms with E-state index in [0.29, 0.717) is 13.0 Å². The zero-order chi connectivity index (χ0) is 11.4. The first-order valence-corrected chi connectivity index (χ1v) is 8.28. The summed E-state index contributed by atoms with van der Waals surface area (Å²) in [7, 11) is -1.66. The molecule has 0 aromatic rings. The van der Waals surface area contributed by atoms with Gasteiger partial charge in [-0.15, -0.1) is 11.6 Å². The fourth-order valence-electron chi connectivity index (χ4n) is 0.711. The number of hydrogen-bond acceptors (Lipinski definition) is 2. The Morgan fingerprint density at radius 2 is 1.93 bits per heavy atom. The van der Waals surface area contributed by atoms with Gasteiger partial charge in [-0.3, -0.25) is 0 Å². The summed E-state index contributed by atoms with van der Waals surface area (Å²) in [6.45, 7) is 11.5. The van der Waals surface area contributed by atoms with Crippen LogP contribution in [0.25, 0.3) is 0 Å². The largest absolute Gasteiger partial charge is 0.417 e. The average Bonchev–Trinajstić information content (AvgIpc) is 2.01. The van der Waals surface area contributed by atoms with Crippen molar-refractivity contribution in [3.63, 3.8) is 0 Å². The Labute approximate surface area is 93.1 Å². The van der Waals surface area contributed by atoms with E-state index in [9.17, 15) is 4.79 Å². The lowest BCUT2D eigenvalue weighted by Crippen LogP contribution is -2.41. The molecule has 2 nitrogen and oxygen atoms in total. The van der Waals surface area contributed by atoms with Crippen LogP contribution in [0.5, 0.6) is 0 Å². The van der Waals surface area contributed by atoms with Gasteiger partial charge in [0.25, 0.3) is 0 Å². The van der Waals surface area contributed by atoms with E-state index in [-0.39, 0.29) is 5.04 Å². The quantitative estimate of drug-likeness (QED) is 0.416. The third-order valence-corrected chi connectivity index (χ3v) is 7.67. The second-order valence-electron chi connectivity index (χ2n) is 5.05. The monoisotopic (exact) mass is 236 g/mol. The van der Waals surface area contributed by atoms with Gasteiger partial charge in [0.2, 0.25) is 0 Å². The predicted molar refractivity (Wildman–Crippen MR) is 63.5 cm³/mol. The molecule has 0 aliphatic heterocycles. The van der Waals surface area contributed by atoms with Crippen LogP contribution in [0.1, 0.15) is 27.2 Å². The number of hydrogen-bond donors (Lipinski definition) is 0. The van der Waals surface area contributed by atoms with Crippen LogP contribution in [0.2, 0.25) is 18.1 Å². The van der Waals surface area contributed by atoms with Gasteiger partial charge in [0.05, 0.1) is 5.38 Å². The maximum atomic E-state index is 10.3. The molecule has 0 aliphatic rings. The molecule has 0 radical (unpaired) electrons. The number of aldehydes is 1. The second kappa shape index (κ2) is 5.28. The van der Waals surface area contributed by atoms with Crippen LogP contribution in [0, 0.1) is 0 Å². The first-order valence-electron chi connectivity index (χ1n) is 4.94. The lowest BCUT2D eigenvalue weighted by Gasteiger charge is -2.36. The maximum Gasteiger partial charge on any atom is 0.191 e. The predicted octanol–water partition coefficient (Wildman–Crippen LogP) is 3.20. The molecule has 0 saturated heterocycles. The molecule has 0 fully saturated rings. The van der Waals surface area contributed by atoms with Gasteiger partial charge in [-0.25, -0.2) is 0 Å². The molecule has 1 atom stereocenters. The Kier molecular flexibility index (Phi) is 5.34. The molecule has 0 amide bonds. The molecule has 0 N–H and O–H groups in total. The first-order chi connectivity index (χ1) is 6.20. The van der Waals surface area contributed by atoms with E-state index in [1.165, 1.54) is 0 Å². The van der Waals surface area contributed by atoms with Crippen LogP contribution in [-0.4, -0.2) is 26.6 Å². The van der Waals surface area contributed by atoms with Crippen molar-refractivity contribution in [1.82, 2.24) is 0 Å². The van der Waals surface area contributed by atoms with Crippen LogP contribution < -0.4 is 0 Å². The van der Waals surface area contributed by atoms with Crippen LogP contribution >= 0.6 is 11.6 Å². The number of carbonyl (C=O) groups excluding carboxylic acids is 1. The molecule has 0 rings (SSSR count). The Hall–Kier alpha value is 0.137. The van der Waals surface area contributed by atoms with Crippen LogP contribution in [0.3, 0.4) is 0 Å². The van der Waals surface area contributed by atoms with Crippen molar-refractivity contribution in [2.45, 2.75) is 50.7 Å². The smallest absolute Gasteiger partial charge is 0.191 e. The first kappa shape index (κ1) is 14.1. The standard InChI is InChI=1S/C10H21ClO2Si/c1-10(2,3)14(4,5)13-7-6-9(11)8-12/h8-9H,6-7H2,1-5H3/t9-/m1/s1. The molecule has 0 aromatic heterocycles. The van der Waals surface area contributed by atoms with Gasteiger partial charge >= 0.3 is 0 Å². The molecule has 0 spiro atoms. The highest BCUT2D eigenvalue weighted by molar-refractivity contribution is 6.74. The third-order valence-electron chi connectivity index (χ3n) is 2.81. The highest BCUT2D eigenvalue weighted by Gasteiger charge is 2.36. The van der Waals surface area contributed by atoms with Crippen molar-refractivity contribution in [2.75, 3.05) is 6.61 Å². The lowest BCUT2D eigenvalue weighted by molar-refractivity contribution is -0.107. The minimum absolute atomic E-state index is 0.218. The van der Waals surface area contributed by atoms with Gasteiger partial charge in [-0.1, -0.05) is 20.8 Å². The Balaban J connectivity index is 3.95. The summed E-state index contributed by atoms with van der Waals surface area (Å²) in [5.74, 6) is 0. The normalized spacial score (nSPS) is 15.3. The molecule has 0 unspecified atom stereocenters. The fourth-order valence-corrected chi connectivity index (χ4v) is 1.86. The van der Waals surface area contributed by atoms with Gasteiger partial charge in [0.1, 0.15) is 6.29 Å². The highest BCUT2D eigenvalue weighted by Crippen LogP contribution is 2.36. The van der Waals surface area contributed by atoms with Gasteiger partial charge in [-0.05, 0) is 24.6 Å². The van der Waals surface area contributed by atoms with Crippen molar-refractivity contribution in [3.05, 3.63) is 0 Å². The molecular formula is C10H21ClO2Si. The van der Waals surface area contributed by atoms with Gasteiger partial charge in [0, 0.05) is 6.61 Å². The third kappa shape index (κ3) is 4.58. The molecular weight excluding hydrogens is 216 g/mol. The summed E-state index contributed by atoms with van der Waals surface area (Å²) in [5.41, 5.74) is 0. The van der Waals surface area contributed by atoms with E-state index < -0.39 is 13.7 Å². The molecule has 4 heteroatoms. The maximum absolute atomic E-state index is 10.3. The van der Waals surface area contributed by atoms with Crippen LogP contribution in [0.15, 0.2) is 0 Å². The van der Waals surface area contributed by atoms with Gasteiger partial charge < -0.3 is 9.22 Å². The molecule has 0 saturated carbocycles. The highest BCUT2D eigenvalue weighted by atomic mass is 35.5. The summed E-state index contributed by atoms with van der Waals surface area (Å²) >= 11 is 5.68. The number of carbonyl (C=O) groups is 1. The molecule has 0 bridgehead atoms. The fraction of sp³-hybridized carbons (Fsp3) is 0.900. The topological polar surface area (TPSA) is 26.3 Å².